The van der Waals surface area contributed by atoms with Crippen LogP contribution in [0.4, 0.5) is 0 Å². The number of hydrogen-bond acceptors (Lipinski definition) is 1. The number of nitrogens with two attached hydrogens (primary N) is 1. The van der Waals surface area contributed by atoms with E-state index in [1.165, 1.54) is 27.4 Å². The van der Waals surface area contributed by atoms with E-state index in [-0.39, 0.29) is 0 Å². The molecule has 3 aromatic rings. The minimum absolute atomic E-state index is 0.685. The lowest BCUT2D eigenvalue weighted by atomic mass is 10.1. The fourth-order valence-corrected chi connectivity index (χ4v) is 2.23. The SMILES string of the molecule is NCCc1cc2c(ccc3ccccc32)[nH]1. The Morgan fingerprint density at radius 3 is 2.75 bits per heavy atom. The van der Waals surface area contributed by atoms with Crippen molar-refractivity contribution in [3.05, 3.63) is 48.2 Å². The molecule has 0 saturated carbocycles. The molecule has 2 aromatic carbocycles. The summed E-state index contributed by atoms with van der Waals surface area (Å²) in [7, 11) is 0. The summed E-state index contributed by atoms with van der Waals surface area (Å²) < 4.78 is 0. The number of fused-ring (bicyclic) bond motifs is 3. The maximum atomic E-state index is 5.58. The van der Waals surface area contributed by atoms with Gasteiger partial charge in [0.25, 0.3) is 0 Å². The molecule has 3 rings (SSSR count). The first kappa shape index (κ1) is 9.43. The average Bonchev–Trinajstić information content (AvgIpc) is 2.72. The second-order valence-electron chi connectivity index (χ2n) is 4.08. The highest BCUT2D eigenvalue weighted by atomic mass is 14.7. The van der Waals surface area contributed by atoms with Gasteiger partial charge >= 0.3 is 0 Å². The van der Waals surface area contributed by atoms with Crippen molar-refractivity contribution < 1.29 is 0 Å². The summed E-state index contributed by atoms with van der Waals surface area (Å²) in [5.74, 6) is 0. The van der Waals surface area contributed by atoms with Gasteiger partial charge < -0.3 is 10.7 Å². The first-order chi connectivity index (χ1) is 7.88. The Kier molecular flexibility index (Phi) is 2.15. The van der Waals surface area contributed by atoms with Crippen LogP contribution in [0.15, 0.2) is 42.5 Å². The van der Waals surface area contributed by atoms with Crippen molar-refractivity contribution in [1.82, 2.24) is 4.98 Å². The van der Waals surface area contributed by atoms with Gasteiger partial charge in [0.05, 0.1) is 0 Å². The van der Waals surface area contributed by atoms with Gasteiger partial charge in [0, 0.05) is 16.6 Å². The van der Waals surface area contributed by atoms with Crippen LogP contribution >= 0.6 is 0 Å². The standard InChI is InChI=1S/C14H14N2/c15-8-7-11-9-13-12-4-2-1-3-10(12)5-6-14(13)16-11/h1-6,9,16H,7-8,15H2. The second-order valence-corrected chi connectivity index (χ2v) is 4.08. The molecule has 0 fully saturated rings. The molecule has 0 amide bonds. The largest absolute Gasteiger partial charge is 0.358 e. The van der Waals surface area contributed by atoms with Crippen molar-refractivity contribution in [3.63, 3.8) is 0 Å². The number of aromatic amines is 1. The molecule has 2 heteroatoms. The molecule has 0 unspecified atom stereocenters. The Morgan fingerprint density at radius 2 is 1.88 bits per heavy atom. The second kappa shape index (κ2) is 3.65. The van der Waals surface area contributed by atoms with E-state index in [4.69, 9.17) is 5.73 Å². The van der Waals surface area contributed by atoms with E-state index in [0.29, 0.717) is 6.54 Å². The molecule has 0 saturated heterocycles. The van der Waals surface area contributed by atoms with Crippen molar-refractivity contribution in [1.29, 1.82) is 0 Å². The van der Waals surface area contributed by atoms with E-state index >= 15 is 0 Å². The van der Waals surface area contributed by atoms with Gasteiger partial charge in [-0.05, 0) is 35.9 Å². The maximum Gasteiger partial charge on any atom is 0.0462 e. The van der Waals surface area contributed by atoms with Crippen LogP contribution in [0.2, 0.25) is 0 Å². The van der Waals surface area contributed by atoms with Crippen LogP contribution in [0.1, 0.15) is 5.69 Å². The molecule has 0 aliphatic carbocycles. The van der Waals surface area contributed by atoms with E-state index in [2.05, 4.69) is 47.4 Å². The van der Waals surface area contributed by atoms with Crippen molar-refractivity contribution >= 4 is 21.7 Å². The summed E-state index contributed by atoms with van der Waals surface area (Å²) in [6, 6.07) is 15.0. The molecule has 1 heterocycles. The zero-order valence-corrected chi connectivity index (χ0v) is 9.03. The fraction of sp³-hybridized carbons (Fsp3) is 0.143. The van der Waals surface area contributed by atoms with Crippen LogP contribution in [-0.4, -0.2) is 11.5 Å². The molecule has 2 nitrogen and oxygen atoms in total. The third kappa shape index (κ3) is 1.39. The molecule has 1 aromatic heterocycles. The van der Waals surface area contributed by atoms with E-state index in [0.717, 1.165) is 6.42 Å². The summed E-state index contributed by atoms with van der Waals surface area (Å²) in [5, 5.41) is 3.88. The predicted molar refractivity (Wildman–Crippen MR) is 68.6 cm³/mol. The Morgan fingerprint density at radius 1 is 1.00 bits per heavy atom. The van der Waals surface area contributed by atoms with Gasteiger partial charge in [0.2, 0.25) is 0 Å². The number of aromatic nitrogens is 1. The Labute approximate surface area is 94.1 Å². The minimum atomic E-state index is 0.685. The summed E-state index contributed by atoms with van der Waals surface area (Å²) in [4.78, 5) is 3.41. The Bertz CT molecular complexity index is 637. The van der Waals surface area contributed by atoms with Crippen LogP contribution in [0.25, 0.3) is 21.7 Å². The van der Waals surface area contributed by atoms with Gasteiger partial charge in [0.15, 0.2) is 0 Å². The lowest BCUT2D eigenvalue weighted by Crippen LogP contribution is -2.02. The topological polar surface area (TPSA) is 41.8 Å². The van der Waals surface area contributed by atoms with E-state index in [1.54, 1.807) is 0 Å². The molecule has 0 atom stereocenters. The third-order valence-corrected chi connectivity index (χ3v) is 3.00. The van der Waals surface area contributed by atoms with Crippen LogP contribution < -0.4 is 5.73 Å². The summed E-state index contributed by atoms with van der Waals surface area (Å²) >= 11 is 0. The molecule has 0 radical (unpaired) electrons. The smallest absolute Gasteiger partial charge is 0.0462 e. The zero-order valence-electron chi connectivity index (χ0n) is 9.03. The number of rotatable bonds is 2. The normalized spacial score (nSPS) is 11.3. The first-order valence-electron chi connectivity index (χ1n) is 5.58. The van der Waals surface area contributed by atoms with Gasteiger partial charge in [-0.1, -0.05) is 30.3 Å². The van der Waals surface area contributed by atoms with E-state index in [9.17, 15) is 0 Å². The monoisotopic (exact) mass is 210 g/mol. The molecule has 80 valence electrons. The minimum Gasteiger partial charge on any atom is -0.358 e. The van der Waals surface area contributed by atoms with E-state index < -0.39 is 0 Å². The predicted octanol–water partition coefficient (Wildman–Crippen LogP) is 2.82. The molecule has 0 aliphatic heterocycles. The highest BCUT2D eigenvalue weighted by molar-refractivity contribution is 6.06. The molecular formula is C14H14N2. The van der Waals surface area contributed by atoms with Crippen molar-refractivity contribution in [2.75, 3.05) is 6.54 Å². The van der Waals surface area contributed by atoms with Gasteiger partial charge in [-0.2, -0.15) is 0 Å². The molecule has 0 spiro atoms. The highest BCUT2D eigenvalue weighted by Crippen LogP contribution is 2.25. The molecule has 3 N–H and O–H groups in total. The van der Waals surface area contributed by atoms with Crippen LogP contribution in [0.5, 0.6) is 0 Å². The quantitative estimate of drug-likeness (QED) is 0.671. The number of benzene rings is 2. The van der Waals surface area contributed by atoms with Crippen molar-refractivity contribution in [2.45, 2.75) is 6.42 Å². The van der Waals surface area contributed by atoms with Gasteiger partial charge in [-0.25, -0.2) is 0 Å². The summed E-state index contributed by atoms with van der Waals surface area (Å²) in [6.45, 7) is 0.685. The van der Waals surface area contributed by atoms with Crippen LogP contribution in [-0.2, 0) is 6.42 Å². The number of H-pyrrole nitrogens is 1. The molecule has 0 bridgehead atoms. The van der Waals surface area contributed by atoms with E-state index in [1.807, 2.05) is 0 Å². The average molecular weight is 210 g/mol. The van der Waals surface area contributed by atoms with Gasteiger partial charge in [-0.3, -0.25) is 0 Å². The van der Waals surface area contributed by atoms with Crippen LogP contribution in [0.3, 0.4) is 0 Å². The van der Waals surface area contributed by atoms with Gasteiger partial charge in [0.1, 0.15) is 0 Å². The third-order valence-electron chi connectivity index (χ3n) is 3.00. The summed E-state index contributed by atoms with van der Waals surface area (Å²) in [5.41, 5.74) is 7.99. The fourth-order valence-electron chi connectivity index (χ4n) is 2.23. The lowest BCUT2D eigenvalue weighted by Gasteiger charge is -1.97. The summed E-state index contributed by atoms with van der Waals surface area (Å²) in [6.07, 6.45) is 0.906. The van der Waals surface area contributed by atoms with Crippen molar-refractivity contribution in [3.8, 4) is 0 Å². The number of hydrogen-bond donors (Lipinski definition) is 2. The first-order valence-corrected chi connectivity index (χ1v) is 5.58. The highest BCUT2D eigenvalue weighted by Gasteiger charge is 2.03. The lowest BCUT2D eigenvalue weighted by molar-refractivity contribution is 0.940. The molecule has 0 aliphatic rings. The Hall–Kier alpha value is -1.80. The number of nitrogens with one attached hydrogen (secondary N) is 1. The van der Waals surface area contributed by atoms with Gasteiger partial charge in [-0.15, -0.1) is 0 Å². The molecular weight excluding hydrogens is 196 g/mol. The maximum absolute atomic E-state index is 5.58. The Balaban J connectivity index is 2.32. The zero-order chi connectivity index (χ0) is 11.0. The molecule has 16 heavy (non-hydrogen) atoms. The van der Waals surface area contributed by atoms with Crippen molar-refractivity contribution in [2.24, 2.45) is 5.73 Å². The van der Waals surface area contributed by atoms with Crippen LogP contribution in [0, 0.1) is 0 Å².